The zero-order valence-corrected chi connectivity index (χ0v) is 15.8. The van der Waals surface area contributed by atoms with Crippen LogP contribution in [-0.2, 0) is 0 Å². The highest BCUT2D eigenvalue weighted by Crippen LogP contribution is 2.39. The predicted octanol–water partition coefficient (Wildman–Crippen LogP) is 4.83. The van der Waals surface area contributed by atoms with Crippen molar-refractivity contribution in [2.75, 3.05) is 31.4 Å². The second kappa shape index (κ2) is 6.49. The van der Waals surface area contributed by atoms with Crippen LogP contribution in [0.15, 0.2) is 40.5 Å². The van der Waals surface area contributed by atoms with E-state index in [4.69, 9.17) is 16.3 Å². The third kappa shape index (κ3) is 2.89. The van der Waals surface area contributed by atoms with E-state index in [0.717, 1.165) is 11.3 Å². The molecule has 1 aliphatic rings. The Kier molecular flexibility index (Phi) is 4.56. The number of hydrogen-bond donors (Lipinski definition) is 1. The van der Waals surface area contributed by atoms with Crippen LogP contribution in [-0.4, -0.2) is 27.0 Å². The number of fused-ring (bicyclic) bond motifs is 1. The zero-order chi connectivity index (χ0) is 17.4. The molecule has 0 atom stereocenters. The van der Waals surface area contributed by atoms with Crippen LogP contribution >= 0.6 is 27.5 Å². The van der Waals surface area contributed by atoms with Crippen molar-refractivity contribution < 1.29 is 9.53 Å². The molecule has 0 unspecified atom stereocenters. The Morgan fingerprint density at radius 2 is 2.00 bits per heavy atom. The molecule has 1 N–H and O–H groups in total. The molecule has 0 amide bonds. The summed E-state index contributed by atoms with van der Waals surface area (Å²) in [6.07, 6.45) is 1.78. The van der Waals surface area contributed by atoms with Gasteiger partial charge in [-0.1, -0.05) is 11.6 Å². The molecule has 24 heavy (non-hydrogen) atoms. The van der Waals surface area contributed by atoms with E-state index >= 15 is 0 Å². The van der Waals surface area contributed by atoms with Crippen molar-refractivity contribution in [2.24, 2.45) is 0 Å². The van der Waals surface area contributed by atoms with E-state index in [1.54, 1.807) is 13.2 Å². The molecule has 0 saturated carbocycles. The lowest BCUT2D eigenvalue weighted by Gasteiger charge is -2.15. The maximum Gasteiger partial charge on any atom is 0.212 e. The lowest BCUT2D eigenvalue weighted by Crippen LogP contribution is -2.08. The topological polar surface area (TPSA) is 41.6 Å². The van der Waals surface area contributed by atoms with Crippen molar-refractivity contribution in [3.05, 3.63) is 56.7 Å². The van der Waals surface area contributed by atoms with Crippen LogP contribution in [0.1, 0.15) is 15.9 Å². The molecular weight excluding hydrogens is 392 g/mol. The third-order valence-corrected chi connectivity index (χ3v) is 5.15. The normalized spacial score (nSPS) is 14.5. The molecule has 4 nitrogen and oxygen atoms in total. The molecule has 1 aliphatic heterocycles. The third-order valence-electron chi connectivity index (χ3n) is 3.87. The van der Waals surface area contributed by atoms with Gasteiger partial charge in [0.15, 0.2) is 0 Å². The van der Waals surface area contributed by atoms with Crippen LogP contribution in [0.2, 0.25) is 5.02 Å². The van der Waals surface area contributed by atoms with Gasteiger partial charge in [0.1, 0.15) is 5.75 Å². The van der Waals surface area contributed by atoms with Gasteiger partial charge in [0.2, 0.25) is 5.78 Å². The molecule has 0 fully saturated rings. The summed E-state index contributed by atoms with van der Waals surface area (Å²) in [5.74, 6) is 0.571. The van der Waals surface area contributed by atoms with E-state index in [1.165, 1.54) is 0 Å². The fourth-order valence-corrected chi connectivity index (χ4v) is 3.15. The van der Waals surface area contributed by atoms with E-state index in [2.05, 4.69) is 21.2 Å². The Bertz CT molecular complexity index is 862. The van der Waals surface area contributed by atoms with Crippen LogP contribution < -0.4 is 15.0 Å². The van der Waals surface area contributed by atoms with E-state index < -0.39 is 0 Å². The van der Waals surface area contributed by atoms with Crippen molar-refractivity contribution in [1.29, 1.82) is 0 Å². The average molecular weight is 408 g/mol. The largest absolute Gasteiger partial charge is 0.496 e. The number of nitrogens with zero attached hydrogens (tertiary/aromatic N) is 1. The van der Waals surface area contributed by atoms with Crippen molar-refractivity contribution in [1.82, 2.24) is 0 Å². The standard InChI is InChI=1S/C18H16BrClN2O2/c1-22(2)11-5-4-10(15(9-11)24-3)8-14-18(23)16-13(21-14)7-6-12(19)17(16)20/h4-9,21H,1-3H3/b14-8-. The van der Waals surface area contributed by atoms with Crippen molar-refractivity contribution >= 4 is 50.8 Å². The van der Waals surface area contributed by atoms with Crippen LogP contribution in [0.5, 0.6) is 5.75 Å². The maximum atomic E-state index is 12.7. The first-order valence-corrected chi connectivity index (χ1v) is 8.46. The summed E-state index contributed by atoms with van der Waals surface area (Å²) < 4.78 is 6.16. The first kappa shape index (κ1) is 16.9. The molecule has 2 aromatic rings. The van der Waals surface area contributed by atoms with Gasteiger partial charge >= 0.3 is 0 Å². The van der Waals surface area contributed by atoms with Crippen LogP contribution in [0.3, 0.4) is 0 Å². The molecule has 2 aromatic carbocycles. The maximum absolute atomic E-state index is 12.7. The van der Waals surface area contributed by atoms with Gasteiger partial charge in [-0.2, -0.15) is 0 Å². The molecule has 0 bridgehead atoms. The second-order valence-corrected chi connectivity index (χ2v) is 6.85. The summed E-state index contributed by atoms with van der Waals surface area (Å²) in [7, 11) is 5.54. The molecule has 0 aliphatic carbocycles. The Morgan fingerprint density at radius 1 is 1.25 bits per heavy atom. The molecule has 0 aromatic heterocycles. The minimum absolute atomic E-state index is 0.130. The molecule has 6 heteroatoms. The minimum Gasteiger partial charge on any atom is -0.496 e. The number of carbonyl (C=O) groups is 1. The van der Waals surface area contributed by atoms with Gasteiger partial charge in [0.05, 0.1) is 29.1 Å². The minimum atomic E-state index is -0.130. The summed E-state index contributed by atoms with van der Waals surface area (Å²) in [6, 6.07) is 9.48. The smallest absolute Gasteiger partial charge is 0.212 e. The number of carbonyl (C=O) groups excluding carboxylic acids is 1. The molecule has 3 rings (SSSR count). The number of anilines is 2. The molecular formula is C18H16BrClN2O2. The highest BCUT2D eigenvalue weighted by Gasteiger charge is 2.28. The number of halogens is 2. The van der Waals surface area contributed by atoms with Crippen LogP contribution in [0.4, 0.5) is 11.4 Å². The van der Waals surface area contributed by atoms with E-state index in [0.29, 0.717) is 32.2 Å². The number of benzene rings is 2. The molecule has 0 spiro atoms. The van der Waals surface area contributed by atoms with E-state index in [9.17, 15) is 4.79 Å². The van der Waals surface area contributed by atoms with Gasteiger partial charge in [0.25, 0.3) is 0 Å². The van der Waals surface area contributed by atoms with Gasteiger partial charge in [-0.15, -0.1) is 0 Å². The summed E-state index contributed by atoms with van der Waals surface area (Å²) in [6.45, 7) is 0. The molecule has 1 heterocycles. The van der Waals surface area contributed by atoms with Gasteiger partial charge in [-0.05, 0) is 46.3 Å². The highest BCUT2D eigenvalue weighted by atomic mass is 79.9. The summed E-state index contributed by atoms with van der Waals surface area (Å²) >= 11 is 9.60. The van der Waals surface area contributed by atoms with Crippen molar-refractivity contribution in [3.8, 4) is 5.75 Å². The number of nitrogens with one attached hydrogen (secondary N) is 1. The quantitative estimate of drug-likeness (QED) is 0.740. The first-order valence-electron chi connectivity index (χ1n) is 7.29. The van der Waals surface area contributed by atoms with Gasteiger partial charge < -0.3 is 15.0 Å². The van der Waals surface area contributed by atoms with Gasteiger partial charge in [-0.25, -0.2) is 0 Å². The van der Waals surface area contributed by atoms with Crippen LogP contribution in [0.25, 0.3) is 6.08 Å². The molecule has 124 valence electrons. The summed E-state index contributed by atoms with van der Waals surface area (Å²) in [5, 5.41) is 3.55. The highest BCUT2D eigenvalue weighted by molar-refractivity contribution is 9.10. The average Bonchev–Trinajstić information content (AvgIpc) is 2.88. The SMILES string of the molecule is COc1cc(N(C)C)ccc1/C=C1\Nc2ccc(Br)c(Cl)c2C1=O. The monoisotopic (exact) mass is 406 g/mol. The lowest BCUT2D eigenvalue weighted by atomic mass is 10.1. The fourth-order valence-electron chi connectivity index (χ4n) is 2.57. The Hall–Kier alpha value is -1.98. The Labute approximate surface area is 154 Å². The van der Waals surface area contributed by atoms with E-state index in [-0.39, 0.29) is 5.78 Å². The first-order chi connectivity index (χ1) is 11.4. The van der Waals surface area contributed by atoms with Crippen molar-refractivity contribution in [2.45, 2.75) is 0 Å². The molecule has 0 saturated heterocycles. The van der Waals surface area contributed by atoms with Gasteiger partial charge in [0, 0.05) is 35.9 Å². The van der Waals surface area contributed by atoms with Crippen LogP contribution in [0, 0.1) is 0 Å². The Balaban J connectivity index is 2.02. The predicted molar refractivity (Wildman–Crippen MR) is 102 cm³/mol. The Morgan fingerprint density at radius 3 is 2.67 bits per heavy atom. The fraction of sp³-hybridized carbons (Fsp3) is 0.167. The number of ketones is 1. The summed E-state index contributed by atoms with van der Waals surface area (Å²) in [4.78, 5) is 14.7. The number of allylic oxidation sites excluding steroid dienone is 1. The summed E-state index contributed by atoms with van der Waals surface area (Å²) in [5.41, 5.74) is 3.52. The van der Waals surface area contributed by atoms with E-state index in [1.807, 2.05) is 49.3 Å². The lowest BCUT2D eigenvalue weighted by molar-refractivity contribution is 0.104. The number of ether oxygens (including phenoxy) is 1. The number of rotatable bonds is 3. The zero-order valence-electron chi connectivity index (χ0n) is 13.5. The number of hydrogen-bond acceptors (Lipinski definition) is 4. The van der Waals surface area contributed by atoms with Crippen molar-refractivity contribution in [3.63, 3.8) is 0 Å². The van der Waals surface area contributed by atoms with Gasteiger partial charge in [-0.3, -0.25) is 4.79 Å². The number of methoxy groups -OCH3 is 1. The molecule has 0 radical (unpaired) electrons. The second-order valence-electron chi connectivity index (χ2n) is 5.62. The number of Topliss-reactive ketones (excluding diaryl/α,β-unsaturated/α-hetero) is 1.